The lowest BCUT2D eigenvalue weighted by Crippen LogP contribution is -2.55. The van der Waals surface area contributed by atoms with Crippen molar-refractivity contribution in [1.29, 1.82) is 0 Å². The van der Waals surface area contributed by atoms with E-state index in [0.29, 0.717) is 19.4 Å². The number of likely N-dealkylation sites (tertiary alicyclic amines) is 1. The Hall–Kier alpha value is -2.05. The van der Waals surface area contributed by atoms with E-state index in [0.717, 1.165) is 12.2 Å². The molecule has 110 valence electrons. The fourth-order valence-electron chi connectivity index (χ4n) is 2.73. The molecule has 20 heavy (non-hydrogen) atoms. The lowest BCUT2D eigenvalue weighted by atomic mass is 9.93. The van der Waals surface area contributed by atoms with Crippen LogP contribution >= 0.6 is 0 Å². The van der Waals surface area contributed by atoms with E-state index in [-0.39, 0.29) is 12.6 Å². The molecule has 7 heteroatoms. The fraction of sp³-hybridized carbons (Fsp3) is 0.615. The first kappa shape index (κ1) is 14.4. The number of rotatable bonds is 4. The quantitative estimate of drug-likeness (QED) is 0.860. The maximum atomic E-state index is 12.2. The van der Waals surface area contributed by atoms with E-state index in [2.05, 4.69) is 10.3 Å². The fourth-order valence-corrected chi connectivity index (χ4v) is 2.73. The van der Waals surface area contributed by atoms with Crippen LogP contribution in [0.3, 0.4) is 0 Å². The molecular formula is C13H20N4O3. The van der Waals surface area contributed by atoms with Crippen molar-refractivity contribution in [3.63, 3.8) is 0 Å². The maximum Gasteiger partial charge on any atom is 0.329 e. The zero-order chi connectivity index (χ0) is 14.8. The van der Waals surface area contributed by atoms with Crippen molar-refractivity contribution in [3.8, 4) is 0 Å². The van der Waals surface area contributed by atoms with Gasteiger partial charge in [0.15, 0.2) is 0 Å². The Balaban J connectivity index is 2.05. The second-order valence-electron chi connectivity index (χ2n) is 5.06. The predicted octanol–water partition coefficient (Wildman–Crippen LogP) is 0.959. The number of hydrogen-bond donors (Lipinski definition) is 2. The van der Waals surface area contributed by atoms with Gasteiger partial charge in [-0.2, -0.15) is 0 Å². The molecule has 2 rings (SSSR count). The van der Waals surface area contributed by atoms with Gasteiger partial charge in [-0.3, -0.25) is 0 Å². The van der Waals surface area contributed by atoms with Crippen molar-refractivity contribution >= 4 is 12.0 Å². The Morgan fingerprint density at radius 2 is 2.30 bits per heavy atom. The zero-order valence-corrected chi connectivity index (χ0v) is 11.8. The van der Waals surface area contributed by atoms with Crippen molar-refractivity contribution in [2.75, 3.05) is 6.54 Å². The second kappa shape index (κ2) is 5.52. The molecule has 2 amide bonds. The first-order valence-electron chi connectivity index (χ1n) is 6.76. The molecule has 1 aliphatic heterocycles. The van der Waals surface area contributed by atoms with Gasteiger partial charge in [-0.05, 0) is 19.3 Å². The van der Waals surface area contributed by atoms with Gasteiger partial charge >= 0.3 is 12.0 Å². The number of nitrogens with zero attached hydrogens (tertiary/aromatic N) is 3. The van der Waals surface area contributed by atoms with Crippen molar-refractivity contribution < 1.29 is 14.7 Å². The molecule has 2 N–H and O–H groups in total. The topological polar surface area (TPSA) is 87.5 Å². The van der Waals surface area contributed by atoms with E-state index in [9.17, 15) is 14.7 Å². The summed E-state index contributed by atoms with van der Waals surface area (Å²) in [6.45, 7) is 2.57. The molecule has 0 bridgehead atoms. The highest BCUT2D eigenvalue weighted by molar-refractivity contribution is 5.87. The van der Waals surface area contributed by atoms with Gasteiger partial charge in [-0.25, -0.2) is 14.6 Å². The number of hydrogen-bond acceptors (Lipinski definition) is 3. The average molecular weight is 280 g/mol. The van der Waals surface area contributed by atoms with Crippen LogP contribution in [0.1, 0.15) is 32.0 Å². The monoisotopic (exact) mass is 280 g/mol. The smallest absolute Gasteiger partial charge is 0.329 e. The highest BCUT2D eigenvalue weighted by Crippen LogP contribution is 2.32. The highest BCUT2D eigenvalue weighted by Gasteiger charge is 2.48. The summed E-state index contributed by atoms with van der Waals surface area (Å²) in [5.74, 6) is -0.195. The van der Waals surface area contributed by atoms with Crippen LogP contribution in [0.2, 0.25) is 0 Å². The number of carboxylic acid groups (broad SMARTS) is 1. The first-order valence-corrected chi connectivity index (χ1v) is 6.76. The number of carboxylic acids is 1. The summed E-state index contributed by atoms with van der Waals surface area (Å²) in [5, 5.41) is 12.2. The molecule has 1 saturated heterocycles. The molecule has 0 aromatic carbocycles. The molecule has 0 aliphatic carbocycles. The van der Waals surface area contributed by atoms with Crippen molar-refractivity contribution in [1.82, 2.24) is 19.8 Å². The van der Waals surface area contributed by atoms with Crippen LogP contribution in [-0.2, 0) is 18.4 Å². The molecule has 1 aromatic rings. The number of urea groups is 1. The normalized spacial score (nSPS) is 22.0. The number of amides is 2. The molecule has 0 saturated carbocycles. The van der Waals surface area contributed by atoms with E-state index in [1.807, 2.05) is 11.6 Å². The zero-order valence-electron chi connectivity index (χ0n) is 11.8. The van der Waals surface area contributed by atoms with E-state index >= 15 is 0 Å². The number of nitrogens with one attached hydrogen (secondary N) is 1. The summed E-state index contributed by atoms with van der Waals surface area (Å²) in [7, 11) is 1.85. The summed E-state index contributed by atoms with van der Waals surface area (Å²) < 4.78 is 1.81. The van der Waals surface area contributed by atoms with Crippen LogP contribution in [0, 0.1) is 0 Å². The lowest BCUT2D eigenvalue weighted by Gasteiger charge is -2.33. The van der Waals surface area contributed by atoms with Crippen molar-refractivity contribution in [2.45, 2.75) is 38.3 Å². The van der Waals surface area contributed by atoms with Gasteiger partial charge in [0.1, 0.15) is 11.4 Å². The molecule has 1 aliphatic rings. The predicted molar refractivity (Wildman–Crippen MR) is 72.0 cm³/mol. The average Bonchev–Trinajstić information content (AvgIpc) is 3.02. The number of carbonyl (C=O) groups excluding carboxylic acids is 1. The van der Waals surface area contributed by atoms with Crippen molar-refractivity contribution in [2.24, 2.45) is 7.05 Å². The molecule has 1 aromatic heterocycles. The van der Waals surface area contributed by atoms with Gasteiger partial charge in [0, 0.05) is 26.0 Å². The Morgan fingerprint density at radius 3 is 2.85 bits per heavy atom. The van der Waals surface area contributed by atoms with Crippen molar-refractivity contribution in [3.05, 3.63) is 18.2 Å². The third kappa shape index (κ3) is 2.35. The molecule has 7 nitrogen and oxygen atoms in total. The van der Waals surface area contributed by atoms with Gasteiger partial charge < -0.3 is 19.9 Å². The number of aliphatic carboxylic acids is 1. The Labute approximate surface area is 117 Å². The molecule has 1 unspecified atom stereocenters. The minimum absolute atomic E-state index is 0.290. The largest absolute Gasteiger partial charge is 0.479 e. The number of imidazole rings is 1. The van der Waals surface area contributed by atoms with Crippen LogP contribution in [-0.4, -0.2) is 43.6 Å². The Bertz CT molecular complexity index is 513. The summed E-state index contributed by atoms with van der Waals surface area (Å²) in [6, 6.07) is -0.338. The molecular weight excluding hydrogens is 260 g/mol. The van der Waals surface area contributed by atoms with E-state index in [1.165, 1.54) is 4.90 Å². The minimum Gasteiger partial charge on any atom is -0.479 e. The van der Waals surface area contributed by atoms with E-state index in [4.69, 9.17) is 0 Å². The third-order valence-electron chi connectivity index (χ3n) is 4.04. The summed E-state index contributed by atoms with van der Waals surface area (Å²) in [4.78, 5) is 29.3. The highest BCUT2D eigenvalue weighted by atomic mass is 16.4. The van der Waals surface area contributed by atoms with Gasteiger partial charge in [0.25, 0.3) is 0 Å². The van der Waals surface area contributed by atoms with Gasteiger partial charge in [-0.1, -0.05) is 6.92 Å². The van der Waals surface area contributed by atoms with E-state index in [1.54, 1.807) is 19.3 Å². The summed E-state index contributed by atoms with van der Waals surface area (Å²) >= 11 is 0. The van der Waals surface area contributed by atoms with Gasteiger partial charge in [0.2, 0.25) is 0 Å². The third-order valence-corrected chi connectivity index (χ3v) is 4.04. The SMILES string of the molecule is CCC1(C(=O)O)CCCN1C(=O)NCc1nccn1C. The summed E-state index contributed by atoms with van der Waals surface area (Å²) in [5.41, 5.74) is -1.06. The number of aryl methyl sites for hydroxylation is 1. The first-order chi connectivity index (χ1) is 9.51. The molecule has 1 atom stereocenters. The summed E-state index contributed by atoms with van der Waals surface area (Å²) in [6.07, 6.45) is 5.10. The van der Waals surface area contributed by atoms with Gasteiger partial charge in [0.05, 0.1) is 6.54 Å². The standard InChI is InChI=1S/C13H20N4O3/c1-3-13(11(18)19)5-4-7-17(13)12(20)15-9-10-14-6-8-16(10)2/h6,8H,3-5,7,9H2,1-2H3,(H,15,20)(H,18,19). The Kier molecular flexibility index (Phi) is 3.96. The number of carbonyl (C=O) groups is 2. The van der Waals surface area contributed by atoms with Crippen LogP contribution in [0.15, 0.2) is 12.4 Å². The van der Waals surface area contributed by atoms with Crippen LogP contribution < -0.4 is 5.32 Å². The minimum atomic E-state index is -1.06. The molecule has 0 spiro atoms. The Morgan fingerprint density at radius 1 is 1.55 bits per heavy atom. The van der Waals surface area contributed by atoms with Crippen LogP contribution in [0.4, 0.5) is 4.79 Å². The lowest BCUT2D eigenvalue weighted by molar-refractivity contribution is -0.148. The molecule has 1 fully saturated rings. The van der Waals surface area contributed by atoms with Gasteiger partial charge in [-0.15, -0.1) is 0 Å². The van der Waals surface area contributed by atoms with Crippen LogP contribution in [0.25, 0.3) is 0 Å². The van der Waals surface area contributed by atoms with E-state index < -0.39 is 11.5 Å². The second-order valence-corrected chi connectivity index (χ2v) is 5.06. The molecule has 2 heterocycles. The van der Waals surface area contributed by atoms with Crippen LogP contribution in [0.5, 0.6) is 0 Å². The molecule has 0 radical (unpaired) electrons. The number of aromatic nitrogens is 2. The maximum absolute atomic E-state index is 12.2.